The van der Waals surface area contributed by atoms with Crippen LogP contribution in [0.2, 0.25) is 0 Å². The molecule has 0 aliphatic carbocycles. The molecule has 0 radical (unpaired) electrons. The van der Waals surface area contributed by atoms with Gasteiger partial charge in [-0.2, -0.15) is 0 Å². The summed E-state index contributed by atoms with van der Waals surface area (Å²) in [6.07, 6.45) is 1.45. The lowest BCUT2D eigenvalue weighted by atomic mass is 10.1. The number of hydrogen-bond acceptors (Lipinski definition) is 4. The molecule has 0 fully saturated rings. The highest BCUT2D eigenvalue weighted by Crippen LogP contribution is 2.07. The van der Waals surface area contributed by atoms with Crippen molar-refractivity contribution in [1.29, 1.82) is 0 Å². The van der Waals surface area contributed by atoms with Crippen molar-refractivity contribution in [3.8, 4) is 0 Å². The van der Waals surface area contributed by atoms with E-state index in [0.29, 0.717) is 11.3 Å². The van der Waals surface area contributed by atoms with Crippen LogP contribution in [0.5, 0.6) is 0 Å². The number of nitrogens with two attached hydrogens (primary N) is 1. The van der Waals surface area contributed by atoms with Crippen molar-refractivity contribution in [3.63, 3.8) is 0 Å². The standard InChI is InChI=1S/C8H11N3O2/c1-5-2-6(8(9)11-13)3-10-7(5)4-12/h2-3,12-13H,4H2,1H3,(H2,9,11). The summed E-state index contributed by atoms with van der Waals surface area (Å²) >= 11 is 0. The molecule has 0 saturated carbocycles. The van der Waals surface area contributed by atoms with Crippen LogP contribution in [0.1, 0.15) is 16.8 Å². The fraction of sp³-hybridized carbons (Fsp3) is 0.250. The third-order valence-electron chi connectivity index (χ3n) is 1.74. The first-order chi connectivity index (χ1) is 6.19. The van der Waals surface area contributed by atoms with E-state index < -0.39 is 0 Å². The maximum Gasteiger partial charge on any atom is 0.171 e. The molecule has 5 nitrogen and oxygen atoms in total. The molecule has 0 spiro atoms. The third-order valence-corrected chi connectivity index (χ3v) is 1.74. The van der Waals surface area contributed by atoms with Crippen molar-refractivity contribution in [2.45, 2.75) is 13.5 Å². The van der Waals surface area contributed by atoms with Crippen LogP contribution in [0, 0.1) is 6.92 Å². The highest BCUT2D eigenvalue weighted by molar-refractivity contribution is 5.96. The molecule has 0 bridgehead atoms. The molecular weight excluding hydrogens is 170 g/mol. The molecule has 1 heterocycles. The van der Waals surface area contributed by atoms with Crippen molar-refractivity contribution >= 4 is 5.84 Å². The molecule has 4 N–H and O–H groups in total. The Kier molecular flexibility index (Phi) is 2.81. The number of aliphatic hydroxyl groups excluding tert-OH is 1. The van der Waals surface area contributed by atoms with E-state index in [2.05, 4.69) is 10.1 Å². The molecule has 0 aliphatic rings. The maximum absolute atomic E-state index is 8.83. The SMILES string of the molecule is Cc1cc(C(N)=NO)cnc1CO. The molecule has 70 valence electrons. The lowest BCUT2D eigenvalue weighted by Gasteiger charge is -2.03. The van der Waals surface area contributed by atoms with E-state index in [9.17, 15) is 0 Å². The van der Waals surface area contributed by atoms with E-state index >= 15 is 0 Å². The minimum atomic E-state index is -0.109. The van der Waals surface area contributed by atoms with E-state index in [1.54, 1.807) is 13.0 Å². The third kappa shape index (κ3) is 1.94. The van der Waals surface area contributed by atoms with Crippen LogP contribution in [0.25, 0.3) is 0 Å². The summed E-state index contributed by atoms with van der Waals surface area (Å²) in [5.41, 5.74) is 7.30. The van der Waals surface area contributed by atoms with Gasteiger partial charge in [0.05, 0.1) is 12.3 Å². The number of oxime groups is 1. The van der Waals surface area contributed by atoms with Crippen LogP contribution in [-0.2, 0) is 6.61 Å². The van der Waals surface area contributed by atoms with Gasteiger partial charge in [-0.15, -0.1) is 0 Å². The predicted octanol–water partition coefficient (Wildman–Crippen LogP) is -0.0232. The summed E-state index contributed by atoms with van der Waals surface area (Å²) in [4.78, 5) is 3.94. The van der Waals surface area contributed by atoms with E-state index in [1.165, 1.54) is 6.20 Å². The van der Waals surface area contributed by atoms with E-state index in [0.717, 1.165) is 5.56 Å². The Labute approximate surface area is 75.5 Å². The lowest BCUT2D eigenvalue weighted by Crippen LogP contribution is -2.14. The first kappa shape index (κ1) is 9.47. The van der Waals surface area contributed by atoms with Gasteiger partial charge in [-0.1, -0.05) is 5.16 Å². The number of amidine groups is 1. The van der Waals surface area contributed by atoms with Crippen molar-refractivity contribution in [1.82, 2.24) is 4.98 Å². The average Bonchev–Trinajstić information content (AvgIpc) is 2.16. The summed E-state index contributed by atoms with van der Waals surface area (Å²) in [6, 6.07) is 1.70. The number of hydrogen-bond donors (Lipinski definition) is 3. The van der Waals surface area contributed by atoms with Crippen molar-refractivity contribution < 1.29 is 10.3 Å². The molecule has 13 heavy (non-hydrogen) atoms. The maximum atomic E-state index is 8.83. The molecule has 0 atom stereocenters. The van der Waals surface area contributed by atoms with Gasteiger partial charge in [-0.25, -0.2) is 0 Å². The van der Waals surface area contributed by atoms with Gasteiger partial charge in [0.2, 0.25) is 0 Å². The van der Waals surface area contributed by atoms with E-state index in [4.69, 9.17) is 16.0 Å². The Morgan fingerprint density at radius 1 is 1.69 bits per heavy atom. The van der Waals surface area contributed by atoms with Gasteiger partial charge in [-0.3, -0.25) is 4.98 Å². The van der Waals surface area contributed by atoms with Gasteiger partial charge in [0, 0.05) is 11.8 Å². The zero-order chi connectivity index (χ0) is 9.84. The second-order valence-corrected chi connectivity index (χ2v) is 2.63. The summed E-state index contributed by atoms with van der Waals surface area (Å²) in [6.45, 7) is 1.69. The molecular formula is C8H11N3O2. The number of aryl methyl sites for hydroxylation is 1. The summed E-state index contributed by atoms with van der Waals surface area (Å²) in [7, 11) is 0. The van der Waals surface area contributed by atoms with Gasteiger partial charge >= 0.3 is 0 Å². The average molecular weight is 181 g/mol. The monoisotopic (exact) mass is 181 g/mol. The number of aromatic nitrogens is 1. The molecule has 1 rings (SSSR count). The Morgan fingerprint density at radius 3 is 2.85 bits per heavy atom. The summed E-state index contributed by atoms with van der Waals surface area (Å²) < 4.78 is 0. The van der Waals surface area contributed by atoms with Crippen LogP contribution in [0.4, 0.5) is 0 Å². The number of pyridine rings is 1. The Morgan fingerprint density at radius 2 is 2.38 bits per heavy atom. The Hall–Kier alpha value is -1.62. The fourth-order valence-electron chi connectivity index (χ4n) is 0.966. The predicted molar refractivity (Wildman–Crippen MR) is 47.4 cm³/mol. The molecule has 0 saturated heterocycles. The Bertz CT molecular complexity index is 336. The van der Waals surface area contributed by atoms with Gasteiger partial charge in [0.1, 0.15) is 0 Å². The second kappa shape index (κ2) is 3.86. The van der Waals surface area contributed by atoms with Gasteiger partial charge in [0.15, 0.2) is 5.84 Å². The molecule has 0 aliphatic heterocycles. The van der Waals surface area contributed by atoms with Crippen LogP contribution >= 0.6 is 0 Å². The zero-order valence-corrected chi connectivity index (χ0v) is 7.23. The molecule has 1 aromatic rings. The molecule has 5 heteroatoms. The molecule has 0 aromatic carbocycles. The molecule has 0 amide bonds. The Balaban J connectivity index is 3.10. The van der Waals surface area contributed by atoms with E-state index in [1.807, 2.05) is 0 Å². The highest BCUT2D eigenvalue weighted by atomic mass is 16.4. The molecule has 0 unspecified atom stereocenters. The quantitative estimate of drug-likeness (QED) is 0.259. The number of rotatable bonds is 2. The highest BCUT2D eigenvalue weighted by Gasteiger charge is 2.03. The topological polar surface area (TPSA) is 91.7 Å². The number of nitrogens with zero attached hydrogens (tertiary/aromatic N) is 2. The van der Waals surface area contributed by atoms with Crippen molar-refractivity contribution in [2.24, 2.45) is 10.9 Å². The zero-order valence-electron chi connectivity index (χ0n) is 7.23. The lowest BCUT2D eigenvalue weighted by molar-refractivity contribution is 0.276. The minimum absolute atomic E-state index is 0.0140. The van der Waals surface area contributed by atoms with Crippen LogP contribution in [-0.4, -0.2) is 21.1 Å². The number of aliphatic hydroxyl groups is 1. The summed E-state index contributed by atoms with van der Waals surface area (Å²) in [5.74, 6) is 0.0140. The largest absolute Gasteiger partial charge is 0.409 e. The van der Waals surface area contributed by atoms with Crippen LogP contribution < -0.4 is 5.73 Å². The van der Waals surface area contributed by atoms with Gasteiger partial charge in [-0.05, 0) is 18.6 Å². The van der Waals surface area contributed by atoms with E-state index in [-0.39, 0.29) is 12.4 Å². The van der Waals surface area contributed by atoms with Crippen molar-refractivity contribution in [3.05, 3.63) is 29.1 Å². The normalized spacial score (nSPS) is 11.7. The minimum Gasteiger partial charge on any atom is -0.409 e. The second-order valence-electron chi connectivity index (χ2n) is 2.63. The van der Waals surface area contributed by atoms with Crippen LogP contribution in [0.3, 0.4) is 0 Å². The van der Waals surface area contributed by atoms with Crippen molar-refractivity contribution in [2.75, 3.05) is 0 Å². The first-order valence-corrected chi connectivity index (χ1v) is 3.73. The smallest absolute Gasteiger partial charge is 0.171 e. The van der Waals surface area contributed by atoms with Gasteiger partial charge in [0.25, 0.3) is 0 Å². The fourth-order valence-corrected chi connectivity index (χ4v) is 0.966. The first-order valence-electron chi connectivity index (χ1n) is 3.73. The van der Waals surface area contributed by atoms with Gasteiger partial charge < -0.3 is 16.0 Å². The molecule has 1 aromatic heterocycles. The summed E-state index contributed by atoms with van der Waals surface area (Å²) in [5, 5.41) is 20.1. The van der Waals surface area contributed by atoms with Crippen LogP contribution in [0.15, 0.2) is 17.4 Å².